The van der Waals surface area contributed by atoms with Crippen LogP contribution in [0.2, 0.25) is 0 Å². The number of nitrogens with one attached hydrogen (secondary N) is 1. The molecule has 1 saturated heterocycles. The molecule has 1 N–H and O–H groups in total. The maximum Gasteiger partial charge on any atom is 0.236 e. The highest BCUT2D eigenvalue weighted by atomic mass is 16.2. The predicted molar refractivity (Wildman–Crippen MR) is 81.2 cm³/mol. The largest absolute Gasteiger partial charge is 0.341 e. The van der Waals surface area contributed by atoms with Gasteiger partial charge in [-0.2, -0.15) is 10.4 Å². The zero-order valence-corrected chi connectivity index (χ0v) is 12.2. The molecule has 0 aliphatic carbocycles. The van der Waals surface area contributed by atoms with Gasteiger partial charge < -0.3 is 4.90 Å². The van der Waals surface area contributed by atoms with E-state index >= 15 is 0 Å². The lowest BCUT2D eigenvalue weighted by Crippen LogP contribution is -2.27. The van der Waals surface area contributed by atoms with Crippen molar-refractivity contribution in [3.63, 3.8) is 0 Å². The number of carbonyl (C=O) groups excluding carboxylic acids is 1. The molecular weight excluding hydrogens is 294 g/mol. The van der Waals surface area contributed by atoms with E-state index in [-0.39, 0.29) is 18.2 Å². The molecule has 4 heterocycles. The molecular formula is C15H13N7O. The van der Waals surface area contributed by atoms with E-state index in [9.17, 15) is 4.79 Å². The van der Waals surface area contributed by atoms with Gasteiger partial charge in [-0.05, 0) is 12.5 Å². The molecule has 1 amide bonds. The molecule has 4 rings (SSSR count). The number of nitrogens with zero attached hydrogens (tertiary/aromatic N) is 6. The topological polar surface area (TPSA) is 111 Å². The summed E-state index contributed by atoms with van der Waals surface area (Å²) in [6.07, 6.45) is 4.10. The summed E-state index contributed by atoms with van der Waals surface area (Å²) in [4.78, 5) is 17.8. The zero-order valence-electron chi connectivity index (χ0n) is 12.2. The van der Waals surface area contributed by atoms with Crippen LogP contribution in [-0.2, 0) is 4.79 Å². The number of aromatic nitrogens is 5. The van der Waals surface area contributed by atoms with Crippen LogP contribution in [0.25, 0.3) is 21.9 Å². The number of amides is 1. The van der Waals surface area contributed by atoms with Crippen molar-refractivity contribution in [1.29, 1.82) is 5.26 Å². The average molecular weight is 307 g/mol. The summed E-state index contributed by atoms with van der Waals surface area (Å²) in [5.74, 6) is 0.0132. The SMILES string of the molecule is N#CCC(=O)N1CCC(c2[nH]ncc3nnc4nccc4c23)C1. The minimum Gasteiger partial charge on any atom is -0.341 e. The van der Waals surface area contributed by atoms with E-state index in [1.165, 1.54) is 0 Å². The van der Waals surface area contributed by atoms with E-state index in [1.54, 1.807) is 17.3 Å². The molecule has 3 aromatic rings. The first-order valence-electron chi connectivity index (χ1n) is 7.37. The molecule has 3 aromatic heterocycles. The van der Waals surface area contributed by atoms with Crippen LogP contribution in [0.5, 0.6) is 0 Å². The summed E-state index contributed by atoms with van der Waals surface area (Å²) < 4.78 is 0. The van der Waals surface area contributed by atoms with Gasteiger partial charge in [0.05, 0.1) is 12.3 Å². The van der Waals surface area contributed by atoms with Gasteiger partial charge in [0.2, 0.25) is 5.91 Å². The highest BCUT2D eigenvalue weighted by Crippen LogP contribution is 2.32. The van der Waals surface area contributed by atoms with E-state index < -0.39 is 0 Å². The standard InChI is InChI=1S/C15H13N7O/c16-4-1-12(23)22-6-3-9(8-22)14-13-10-2-5-17-15(10)21-19-11(13)7-18-20-14/h2,5,7,9,20H,1,3,6,8H2. The van der Waals surface area contributed by atoms with Crippen LogP contribution < -0.4 is 0 Å². The molecule has 1 unspecified atom stereocenters. The van der Waals surface area contributed by atoms with Gasteiger partial charge in [-0.1, -0.05) is 0 Å². The van der Waals surface area contributed by atoms with Gasteiger partial charge in [0.25, 0.3) is 0 Å². The molecule has 0 bridgehead atoms. The Labute approximate surface area is 131 Å². The van der Waals surface area contributed by atoms with Gasteiger partial charge in [0.15, 0.2) is 5.65 Å². The van der Waals surface area contributed by atoms with Crippen molar-refractivity contribution in [3.05, 3.63) is 24.2 Å². The highest BCUT2D eigenvalue weighted by Gasteiger charge is 2.29. The monoisotopic (exact) mass is 307 g/mol. The first-order valence-corrected chi connectivity index (χ1v) is 7.37. The molecule has 1 aliphatic rings. The Hall–Kier alpha value is -3.08. The van der Waals surface area contributed by atoms with Crippen LogP contribution in [0.4, 0.5) is 0 Å². The lowest BCUT2D eigenvalue weighted by atomic mass is 10.00. The number of hydrogen-bond donors (Lipinski definition) is 1. The Bertz CT molecular complexity index is 942. The van der Waals surface area contributed by atoms with E-state index in [0.29, 0.717) is 24.3 Å². The van der Waals surface area contributed by atoms with E-state index in [0.717, 1.165) is 22.9 Å². The smallest absolute Gasteiger partial charge is 0.236 e. The third kappa shape index (κ3) is 2.17. The molecule has 114 valence electrons. The van der Waals surface area contributed by atoms with Crippen molar-refractivity contribution >= 4 is 27.8 Å². The molecule has 0 aromatic carbocycles. The predicted octanol–water partition coefficient (Wildman–Crippen LogP) is 1.13. The third-order valence-electron chi connectivity index (χ3n) is 4.28. The zero-order chi connectivity index (χ0) is 15.8. The van der Waals surface area contributed by atoms with Crippen LogP contribution in [0.1, 0.15) is 24.5 Å². The number of rotatable bonds is 2. The van der Waals surface area contributed by atoms with Crippen LogP contribution in [0.3, 0.4) is 0 Å². The Kier molecular flexibility index (Phi) is 3.12. The number of aromatic amines is 1. The fourth-order valence-corrected chi connectivity index (χ4v) is 3.18. The average Bonchev–Trinajstić information content (AvgIpc) is 3.23. The minimum absolute atomic E-state index is 0.0767. The van der Waals surface area contributed by atoms with Gasteiger partial charge in [0, 0.05) is 41.7 Å². The maximum absolute atomic E-state index is 11.9. The van der Waals surface area contributed by atoms with E-state index in [1.807, 2.05) is 12.1 Å². The summed E-state index contributed by atoms with van der Waals surface area (Å²) in [5, 5.41) is 26.1. The second-order valence-electron chi connectivity index (χ2n) is 5.59. The highest BCUT2D eigenvalue weighted by molar-refractivity contribution is 6.03. The van der Waals surface area contributed by atoms with Crippen molar-refractivity contribution in [3.8, 4) is 6.07 Å². The van der Waals surface area contributed by atoms with E-state index in [2.05, 4.69) is 25.4 Å². The Morgan fingerprint density at radius 3 is 3.26 bits per heavy atom. The summed E-state index contributed by atoms with van der Waals surface area (Å²) in [6.45, 7) is 1.23. The van der Waals surface area contributed by atoms with Crippen molar-refractivity contribution in [1.82, 2.24) is 30.3 Å². The third-order valence-corrected chi connectivity index (χ3v) is 4.28. The molecule has 8 nitrogen and oxygen atoms in total. The Morgan fingerprint density at radius 1 is 1.48 bits per heavy atom. The minimum atomic E-state index is -0.122. The molecule has 0 spiro atoms. The number of nitriles is 1. The van der Waals surface area contributed by atoms with Crippen molar-refractivity contribution in [2.75, 3.05) is 13.1 Å². The second-order valence-corrected chi connectivity index (χ2v) is 5.59. The summed E-state index contributed by atoms with van der Waals surface area (Å²) in [5.41, 5.74) is 2.26. The van der Waals surface area contributed by atoms with Crippen LogP contribution >= 0.6 is 0 Å². The van der Waals surface area contributed by atoms with Crippen molar-refractivity contribution in [2.24, 2.45) is 0 Å². The normalized spacial score (nSPS) is 17.7. The first-order chi connectivity index (χ1) is 11.3. The molecule has 1 atom stereocenters. The summed E-state index contributed by atoms with van der Waals surface area (Å²) >= 11 is 0. The molecule has 23 heavy (non-hydrogen) atoms. The summed E-state index contributed by atoms with van der Waals surface area (Å²) in [7, 11) is 0. The molecule has 1 aliphatic heterocycles. The summed E-state index contributed by atoms with van der Waals surface area (Å²) in [6, 6.07) is 3.83. The fraction of sp³-hybridized carbons (Fsp3) is 0.333. The lowest BCUT2D eigenvalue weighted by Gasteiger charge is -2.16. The number of hydrogen-bond acceptors (Lipinski definition) is 6. The number of H-pyrrole nitrogens is 1. The first kappa shape index (κ1) is 13.6. The van der Waals surface area contributed by atoms with E-state index in [4.69, 9.17) is 5.26 Å². The van der Waals surface area contributed by atoms with Gasteiger partial charge in [-0.3, -0.25) is 9.89 Å². The fourth-order valence-electron chi connectivity index (χ4n) is 3.18. The molecule has 1 fully saturated rings. The molecule has 0 saturated carbocycles. The maximum atomic E-state index is 11.9. The molecule has 0 radical (unpaired) electrons. The lowest BCUT2D eigenvalue weighted by molar-refractivity contribution is -0.129. The van der Waals surface area contributed by atoms with Crippen LogP contribution in [0, 0.1) is 11.3 Å². The Morgan fingerprint density at radius 2 is 2.39 bits per heavy atom. The quantitative estimate of drug-likeness (QED) is 0.759. The number of carbonyl (C=O) groups is 1. The number of likely N-dealkylation sites (tertiary alicyclic amines) is 1. The van der Waals surface area contributed by atoms with Crippen LogP contribution in [0.15, 0.2) is 18.5 Å². The van der Waals surface area contributed by atoms with Gasteiger partial charge in [0.1, 0.15) is 11.9 Å². The van der Waals surface area contributed by atoms with Gasteiger partial charge >= 0.3 is 0 Å². The Balaban J connectivity index is 1.76. The second kappa shape index (κ2) is 5.28. The van der Waals surface area contributed by atoms with Gasteiger partial charge in [-0.25, -0.2) is 4.98 Å². The van der Waals surface area contributed by atoms with Crippen molar-refractivity contribution in [2.45, 2.75) is 18.8 Å². The molecule has 8 heteroatoms. The number of fused-ring (bicyclic) bond motifs is 3. The van der Waals surface area contributed by atoms with Crippen LogP contribution in [-0.4, -0.2) is 49.3 Å². The van der Waals surface area contributed by atoms with Crippen molar-refractivity contribution < 1.29 is 4.79 Å². The van der Waals surface area contributed by atoms with Gasteiger partial charge in [-0.15, -0.1) is 10.2 Å².